The lowest BCUT2D eigenvalue weighted by molar-refractivity contribution is -0.143. The largest absolute Gasteiger partial charge is 0.466 e. The van der Waals surface area contributed by atoms with E-state index in [9.17, 15) is 9.36 Å². The van der Waals surface area contributed by atoms with E-state index in [4.69, 9.17) is 4.74 Å². The predicted octanol–water partition coefficient (Wildman–Crippen LogP) is 2.73. The highest BCUT2D eigenvalue weighted by atomic mass is 31.2. The van der Waals surface area contributed by atoms with Gasteiger partial charge in [-0.1, -0.05) is 13.3 Å². The van der Waals surface area contributed by atoms with Gasteiger partial charge in [-0.25, -0.2) is 0 Å². The van der Waals surface area contributed by atoms with Crippen molar-refractivity contribution in [2.75, 3.05) is 26.1 Å². The Kier molecular flexibility index (Phi) is 6.90. The molecule has 0 unspecified atom stereocenters. The van der Waals surface area contributed by atoms with E-state index in [2.05, 4.69) is 6.92 Å². The van der Waals surface area contributed by atoms with Crippen LogP contribution < -0.4 is 0 Å². The quantitative estimate of drug-likeness (QED) is 0.376. The summed E-state index contributed by atoms with van der Waals surface area (Å²) in [5.41, 5.74) is 0. The summed E-state index contributed by atoms with van der Waals surface area (Å²) >= 11 is 0. The minimum absolute atomic E-state index is 0.160. The van der Waals surface area contributed by atoms with E-state index in [1.54, 1.807) is 13.3 Å². The number of hydrogen-bond donors (Lipinski definition) is 0. The molecule has 0 spiro atoms. The summed E-state index contributed by atoms with van der Waals surface area (Å²) in [4.78, 5) is 11.1. The number of carbonyl (C=O) groups excluding carboxylic acids is 1. The zero-order valence-corrected chi connectivity index (χ0v) is 10.3. The molecule has 0 atom stereocenters. The highest BCUT2D eigenvalue weighted by Crippen LogP contribution is 2.36. The molecule has 14 heavy (non-hydrogen) atoms. The van der Waals surface area contributed by atoms with Crippen molar-refractivity contribution in [3.63, 3.8) is 0 Å². The summed E-state index contributed by atoms with van der Waals surface area (Å²) in [6, 6.07) is 0. The third kappa shape index (κ3) is 9.79. The zero-order valence-electron chi connectivity index (χ0n) is 9.41. The van der Waals surface area contributed by atoms with Crippen LogP contribution in [0.15, 0.2) is 0 Å². The fraction of sp³-hybridized carbons (Fsp3) is 0.900. The Morgan fingerprint density at radius 1 is 1.29 bits per heavy atom. The lowest BCUT2D eigenvalue weighted by atomic mass is 10.3. The average Bonchev–Trinajstić information content (AvgIpc) is 2.02. The Morgan fingerprint density at radius 2 is 1.93 bits per heavy atom. The second-order valence-corrected chi connectivity index (χ2v) is 7.57. The molecule has 0 fully saturated rings. The maximum absolute atomic E-state index is 11.3. The standard InChI is InChI=1S/C10H21O3P/c1-4-5-8-13-10(11)7-6-9-14(2,3)12/h4-9H2,1-3H3. The minimum atomic E-state index is -1.96. The van der Waals surface area contributed by atoms with Crippen molar-refractivity contribution in [3.8, 4) is 0 Å². The highest BCUT2D eigenvalue weighted by Gasteiger charge is 2.09. The van der Waals surface area contributed by atoms with Gasteiger partial charge in [0, 0.05) is 12.6 Å². The fourth-order valence-corrected chi connectivity index (χ4v) is 1.93. The molecule has 0 aliphatic heterocycles. The number of esters is 1. The zero-order chi connectivity index (χ0) is 11.0. The summed E-state index contributed by atoms with van der Waals surface area (Å²) in [6.07, 6.45) is 3.67. The van der Waals surface area contributed by atoms with Gasteiger partial charge in [-0.2, -0.15) is 0 Å². The normalized spacial score (nSPS) is 11.4. The molecular weight excluding hydrogens is 199 g/mol. The number of hydrogen-bond acceptors (Lipinski definition) is 3. The summed E-state index contributed by atoms with van der Waals surface area (Å²) in [5, 5.41) is 0. The van der Waals surface area contributed by atoms with Gasteiger partial charge in [0.25, 0.3) is 0 Å². The molecule has 0 aromatic carbocycles. The van der Waals surface area contributed by atoms with Crippen LogP contribution in [0.3, 0.4) is 0 Å². The first-order valence-corrected chi connectivity index (χ1v) is 7.94. The van der Waals surface area contributed by atoms with E-state index >= 15 is 0 Å². The van der Waals surface area contributed by atoms with E-state index < -0.39 is 7.14 Å². The highest BCUT2D eigenvalue weighted by molar-refractivity contribution is 7.62. The molecule has 3 nitrogen and oxygen atoms in total. The molecule has 4 heteroatoms. The van der Waals surface area contributed by atoms with Gasteiger partial charge in [0.1, 0.15) is 0 Å². The first-order chi connectivity index (χ1) is 6.45. The molecular formula is C10H21O3P. The molecule has 0 saturated heterocycles. The van der Waals surface area contributed by atoms with Gasteiger partial charge >= 0.3 is 5.97 Å². The van der Waals surface area contributed by atoms with Gasteiger partial charge < -0.3 is 9.30 Å². The van der Waals surface area contributed by atoms with Crippen LogP contribution >= 0.6 is 7.14 Å². The Bertz CT molecular complexity index is 207. The topological polar surface area (TPSA) is 43.4 Å². The number of ether oxygens (including phenoxy) is 1. The van der Waals surface area contributed by atoms with Crippen LogP contribution in [0.2, 0.25) is 0 Å². The van der Waals surface area contributed by atoms with Crippen molar-refractivity contribution in [3.05, 3.63) is 0 Å². The Morgan fingerprint density at radius 3 is 2.43 bits per heavy atom. The Labute approximate surface area is 86.6 Å². The molecule has 0 aliphatic carbocycles. The van der Waals surface area contributed by atoms with Crippen LogP contribution in [-0.2, 0) is 14.1 Å². The van der Waals surface area contributed by atoms with Crippen molar-refractivity contribution < 1.29 is 14.1 Å². The molecule has 0 amide bonds. The summed E-state index contributed by atoms with van der Waals surface area (Å²) in [7, 11) is -1.96. The maximum Gasteiger partial charge on any atom is 0.305 e. The Hall–Kier alpha value is -0.300. The van der Waals surface area contributed by atoms with E-state index in [0.717, 1.165) is 12.8 Å². The van der Waals surface area contributed by atoms with Gasteiger partial charge in [0.05, 0.1) is 13.7 Å². The molecule has 0 radical (unpaired) electrons. The first-order valence-electron chi connectivity index (χ1n) is 5.15. The second-order valence-electron chi connectivity index (χ2n) is 3.98. The van der Waals surface area contributed by atoms with Crippen molar-refractivity contribution in [2.24, 2.45) is 0 Å². The molecule has 0 N–H and O–H groups in total. The number of unbranched alkanes of at least 4 members (excludes halogenated alkanes) is 1. The number of carbonyl (C=O) groups is 1. The van der Waals surface area contributed by atoms with E-state index in [-0.39, 0.29) is 5.97 Å². The predicted molar refractivity (Wildman–Crippen MR) is 59.4 cm³/mol. The van der Waals surface area contributed by atoms with Crippen molar-refractivity contribution in [2.45, 2.75) is 32.6 Å². The monoisotopic (exact) mass is 220 g/mol. The van der Waals surface area contributed by atoms with Gasteiger partial charge in [0.2, 0.25) is 0 Å². The average molecular weight is 220 g/mol. The van der Waals surface area contributed by atoms with Crippen LogP contribution in [0.4, 0.5) is 0 Å². The van der Waals surface area contributed by atoms with Crippen LogP contribution in [0.1, 0.15) is 32.6 Å². The van der Waals surface area contributed by atoms with Crippen molar-refractivity contribution in [1.82, 2.24) is 0 Å². The molecule has 0 aliphatic rings. The SMILES string of the molecule is CCCCOC(=O)CCCP(C)(C)=O. The van der Waals surface area contributed by atoms with Gasteiger partial charge in [0.15, 0.2) is 0 Å². The summed E-state index contributed by atoms with van der Waals surface area (Å²) < 4.78 is 16.3. The van der Waals surface area contributed by atoms with Gasteiger partial charge in [-0.3, -0.25) is 4.79 Å². The van der Waals surface area contributed by atoms with Crippen LogP contribution in [0.25, 0.3) is 0 Å². The maximum atomic E-state index is 11.3. The molecule has 0 heterocycles. The molecule has 0 aromatic rings. The fourth-order valence-electron chi connectivity index (χ4n) is 1.01. The minimum Gasteiger partial charge on any atom is -0.466 e. The van der Waals surface area contributed by atoms with E-state index in [1.807, 2.05) is 0 Å². The molecule has 0 bridgehead atoms. The third-order valence-electron chi connectivity index (χ3n) is 1.84. The van der Waals surface area contributed by atoms with E-state index in [0.29, 0.717) is 25.6 Å². The lowest BCUT2D eigenvalue weighted by Gasteiger charge is -2.06. The van der Waals surface area contributed by atoms with Crippen LogP contribution in [0.5, 0.6) is 0 Å². The number of rotatable bonds is 7. The van der Waals surface area contributed by atoms with Gasteiger partial charge in [-0.05, 0) is 26.2 Å². The van der Waals surface area contributed by atoms with Crippen LogP contribution in [0, 0.1) is 0 Å². The lowest BCUT2D eigenvalue weighted by Crippen LogP contribution is -2.06. The summed E-state index contributed by atoms with van der Waals surface area (Å²) in [5.74, 6) is -0.160. The molecule has 84 valence electrons. The van der Waals surface area contributed by atoms with Gasteiger partial charge in [-0.15, -0.1) is 0 Å². The van der Waals surface area contributed by atoms with Crippen molar-refractivity contribution >= 4 is 13.1 Å². The molecule has 0 rings (SSSR count). The molecule has 0 aromatic heterocycles. The third-order valence-corrected chi connectivity index (χ3v) is 3.23. The van der Waals surface area contributed by atoms with E-state index in [1.165, 1.54) is 0 Å². The Balaban J connectivity index is 3.41. The molecule has 0 saturated carbocycles. The second kappa shape index (κ2) is 7.05. The summed E-state index contributed by atoms with van der Waals surface area (Å²) in [6.45, 7) is 6.06. The van der Waals surface area contributed by atoms with Crippen LogP contribution in [-0.4, -0.2) is 32.1 Å². The smallest absolute Gasteiger partial charge is 0.305 e. The van der Waals surface area contributed by atoms with Crippen molar-refractivity contribution in [1.29, 1.82) is 0 Å². The first kappa shape index (κ1) is 13.7.